The summed E-state index contributed by atoms with van der Waals surface area (Å²) in [5.41, 5.74) is 0. The molecule has 2 nitrogen and oxygen atoms in total. The molecule has 1 atom stereocenters. The zero-order valence-electron chi connectivity index (χ0n) is 3.26. The van der Waals surface area contributed by atoms with Crippen molar-refractivity contribution in [2.75, 3.05) is 13.2 Å². The predicted octanol–water partition coefficient (Wildman–Crippen LogP) is -0.625. The van der Waals surface area contributed by atoms with E-state index in [1.807, 2.05) is 0 Å². The first-order valence-electron chi connectivity index (χ1n) is 1.66. The molecule has 1 unspecified atom stereocenters. The van der Waals surface area contributed by atoms with Gasteiger partial charge in [0.2, 0.25) is 0 Å². The summed E-state index contributed by atoms with van der Waals surface area (Å²) in [6, 6.07) is 0. The van der Waals surface area contributed by atoms with Gasteiger partial charge in [0.25, 0.3) is 0 Å². The molecule has 3 heteroatoms. The molecule has 0 aliphatic carbocycles. The van der Waals surface area contributed by atoms with E-state index in [0.29, 0.717) is 0 Å². The molecule has 0 aromatic carbocycles. The van der Waals surface area contributed by atoms with Crippen LogP contribution in [0, 0.1) is 0 Å². The van der Waals surface area contributed by atoms with Gasteiger partial charge in [0.05, 0.1) is 13.2 Å². The Morgan fingerprint density at radius 1 is 1.83 bits per heavy atom. The summed E-state index contributed by atoms with van der Waals surface area (Å²) in [5.74, 6) is 0. The van der Waals surface area contributed by atoms with Gasteiger partial charge in [-0.3, -0.25) is 0 Å². The number of rotatable bonds is 1. The molecule has 1 N–H and O–H groups in total. The van der Waals surface area contributed by atoms with Gasteiger partial charge in [0.15, 0.2) is 0 Å². The molecule has 0 bridgehead atoms. The molecular weight excluding hydrogens is 252 g/mol. The predicted molar refractivity (Wildman–Crippen MR) is 16.8 cm³/mol. The van der Waals surface area contributed by atoms with Gasteiger partial charge in [-0.15, -0.1) is 0 Å². The summed E-state index contributed by atoms with van der Waals surface area (Å²) in [5, 5.41) is 8.08. The molecule has 6 heavy (non-hydrogen) atoms. The van der Waals surface area contributed by atoms with Crippen LogP contribution in [0.15, 0.2) is 0 Å². The van der Waals surface area contributed by atoms with Crippen LogP contribution in [0.4, 0.5) is 0 Å². The van der Waals surface area contributed by atoms with Crippen LogP contribution < -0.4 is 0 Å². The van der Waals surface area contributed by atoms with Crippen molar-refractivity contribution in [1.29, 1.82) is 0 Å². The van der Waals surface area contributed by atoms with Crippen LogP contribution in [0.5, 0.6) is 0 Å². The molecule has 0 radical (unpaired) electrons. The molecule has 0 aromatic heterocycles. The number of aliphatic hydroxyl groups is 1. The Morgan fingerprint density at radius 2 is 2.33 bits per heavy atom. The minimum atomic E-state index is 0. The number of hydrogen-bond donors (Lipinski definition) is 1. The SMILES string of the molecule is OCC1CO1.[W]. The molecule has 1 fully saturated rings. The topological polar surface area (TPSA) is 32.8 Å². The normalized spacial score (nSPS) is 28.5. The molecule has 1 aliphatic rings. The van der Waals surface area contributed by atoms with E-state index in [0.717, 1.165) is 6.61 Å². The third kappa shape index (κ3) is 1.91. The van der Waals surface area contributed by atoms with Crippen molar-refractivity contribution in [3.63, 3.8) is 0 Å². The summed E-state index contributed by atoms with van der Waals surface area (Å²) >= 11 is 0. The fraction of sp³-hybridized carbons (Fsp3) is 1.00. The molecule has 36 valence electrons. The summed E-state index contributed by atoms with van der Waals surface area (Å²) in [7, 11) is 0. The van der Waals surface area contributed by atoms with Crippen LogP contribution in [0.3, 0.4) is 0 Å². The number of ether oxygens (including phenoxy) is 1. The van der Waals surface area contributed by atoms with E-state index in [4.69, 9.17) is 5.11 Å². The molecule has 0 saturated carbocycles. The van der Waals surface area contributed by atoms with E-state index in [-0.39, 0.29) is 33.8 Å². The summed E-state index contributed by atoms with van der Waals surface area (Å²) in [6.07, 6.45) is 0.190. The third-order valence-electron chi connectivity index (χ3n) is 0.606. The monoisotopic (exact) mass is 258 g/mol. The van der Waals surface area contributed by atoms with Crippen molar-refractivity contribution in [2.24, 2.45) is 0 Å². The van der Waals surface area contributed by atoms with Gasteiger partial charge in [-0.2, -0.15) is 0 Å². The van der Waals surface area contributed by atoms with Crippen molar-refractivity contribution >= 4 is 0 Å². The molecule has 1 heterocycles. The van der Waals surface area contributed by atoms with Crippen LogP contribution >= 0.6 is 0 Å². The van der Waals surface area contributed by atoms with Gasteiger partial charge in [0, 0.05) is 21.1 Å². The van der Waals surface area contributed by atoms with Crippen LogP contribution in [0.1, 0.15) is 0 Å². The molecule has 0 aromatic rings. The maximum Gasteiger partial charge on any atom is 0.104 e. The minimum Gasteiger partial charge on any atom is -0.394 e. The second kappa shape index (κ2) is 2.73. The minimum absolute atomic E-state index is 0. The molecule has 1 rings (SSSR count). The Balaban J connectivity index is 0.000000250. The van der Waals surface area contributed by atoms with E-state index in [1.165, 1.54) is 0 Å². The van der Waals surface area contributed by atoms with Crippen molar-refractivity contribution in [3.8, 4) is 0 Å². The van der Waals surface area contributed by atoms with Crippen LogP contribution in [0.25, 0.3) is 0 Å². The van der Waals surface area contributed by atoms with Crippen LogP contribution in [0.2, 0.25) is 0 Å². The summed E-state index contributed by atoms with van der Waals surface area (Å²) < 4.78 is 4.61. The molecule has 1 aliphatic heterocycles. The molecule has 1 saturated heterocycles. The van der Waals surface area contributed by atoms with E-state index < -0.39 is 0 Å². The third-order valence-corrected chi connectivity index (χ3v) is 0.606. The van der Waals surface area contributed by atoms with Crippen LogP contribution in [-0.2, 0) is 25.8 Å². The molecule has 0 spiro atoms. The summed E-state index contributed by atoms with van der Waals surface area (Å²) in [6.45, 7) is 0.955. The average molecular weight is 258 g/mol. The molecule has 0 amide bonds. The first kappa shape index (κ1) is 6.61. The number of epoxide rings is 1. The van der Waals surface area contributed by atoms with Gasteiger partial charge in [-0.25, -0.2) is 0 Å². The standard InChI is InChI=1S/C3H6O2.W/c4-1-3-2-5-3;/h3-4H,1-2H2;. The van der Waals surface area contributed by atoms with E-state index in [2.05, 4.69) is 4.74 Å². The first-order chi connectivity index (χ1) is 2.43. The zero-order chi connectivity index (χ0) is 3.70. The Morgan fingerprint density at radius 3 is 2.33 bits per heavy atom. The Bertz CT molecular complexity index is 35.8. The Hall–Kier alpha value is 0.608. The average Bonchev–Trinajstić information content (AvgIpc) is 2.12. The summed E-state index contributed by atoms with van der Waals surface area (Å²) in [4.78, 5) is 0. The Kier molecular flexibility index (Phi) is 3.00. The fourth-order valence-electron chi connectivity index (χ4n) is 0.173. The largest absolute Gasteiger partial charge is 0.394 e. The van der Waals surface area contributed by atoms with Gasteiger partial charge in [-0.1, -0.05) is 0 Å². The molecular formula is C3H6O2W. The van der Waals surface area contributed by atoms with Crippen molar-refractivity contribution < 1.29 is 30.9 Å². The van der Waals surface area contributed by atoms with Gasteiger partial charge < -0.3 is 9.84 Å². The Labute approximate surface area is 50.8 Å². The number of hydrogen-bond acceptors (Lipinski definition) is 2. The van der Waals surface area contributed by atoms with Crippen LogP contribution in [-0.4, -0.2) is 24.4 Å². The first-order valence-corrected chi connectivity index (χ1v) is 1.66. The van der Waals surface area contributed by atoms with Gasteiger partial charge in [-0.05, 0) is 0 Å². The fourth-order valence-corrected chi connectivity index (χ4v) is 0.173. The second-order valence-electron chi connectivity index (χ2n) is 1.14. The zero-order valence-corrected chi connectivity index (χ0v) is 6.19. The van der Waals surface area contributed by atoms with E-state index >= 15 is 0 Å². The number of aliphatic hydroxyl groups excluding tert-OH is 1. The maximum atomic E-state index is 8.08. The van der Waals surface area contributed by atoms with Gasteiger partial charge >= 0.3 is 0 Å². The van der Waals surface area contributed by atoms with Gasteiger partial charge in [0.1, 0.15) is 6.10 Å². The smallest absolute Gasteiger partial charge is 0.104 e. The van der Waals surface area contributed by atoms with Crippen molar-refractivity contribution in [2.45, 2.75) is 6.10 Å². The van der Waals surface area contributed by atoms with Crippen molar-refractivity contribution in [1.82, 2.24) is 0 Å². The van der Waals surface area contributed by atoms with E-state index in [1.54, 1.807) is 0 Å². The second-order valence-corrected chi connectivity index (χ2v) is 1.14. The van der Waals surface area contributed by atoms with E-state index in [9.17, 15) is 0 Å². The maximum absolute atomic E-state index is 8.08. The van der Waals surface area contributed by atoms with Crippen molar-refractivity contribution in [3.05, 3.63) is 0 Å². The quantitative estimate of drug-likeness (QED) is 0.635.